The van der Waals surface area contributed by atoms with E-state index in [1.165, 1.54) is 0 Å². The van der Waals surface area contributed by atoms with E-state index in [2.05, 4.69) is 16.0 Å². The molecule has 1 heterocycles. The van der Waals surface area contributed by atoms with E-state index in [9.17, 15) is 29.7 Å². The Bertz CT molecular complexity index is 1440. The summed E-state index contributed by atoms with van der Waals surface area (Å²) >= 11 is 0. The molecule has 3 rings (SSSR count). The van der Waals surface area contributed by atoms with Gasteiger partial charge in [0.25, 0.3) is 11.8 Å². The quantitative estimate of drug-likeness (QED) is 0.0844. The van der Waals surface area contributed by atoms with Crippen LogP contribution in [0, 0.1) is 5.41 Å². The van der Waals surface area contributed by atoms with Gasteiger partial charge in [-0.2, -0.15) is 0 Å². The van der Waals surface area contributed by atoms with Gasteiger partial charge in [-0.1, -0.05) is 38.1 Å². The second kappa shape index (κ2) is 21.3. The van der Waals surface area contributed by atoms with Gasteiger partial charge in [-0.3, -0.25) is 14.4 Å². The van der Waals surface area contributed by atoms with Crippen LogP contribution in [0.25, 0.3) is 11.1 Å². The largest absolute Gasteiger partial charge is 0.484 e. The molecule has 5 atom stereocenters. The van der Waals surface area contributed by atoms with E-state index in [-0.39, 0.29) is 44.1 Å². The molecule has 296 valence electrons. The molecule has 2 aromatic rings. The van der Waals surface area contributed by atoms with Gasteiger partial charge in [0.05, 0.1) is 31.5 Å². The van der Waals surface area contributed by atoms with Gasteiger partial charge in [-0.05, 0) is 69.0 Å². The maximum absolute atomic E-state index is 12.8. The van der Waals surface area contributed by atoms with Crippen molar-refractivity contribution in [2.45, 2.75) is 83.8 Å². The molecule has 1 fully saturated rings. The highest BCUT2D eigenvalue weighted by atomic mass is 16.7. The topological polar surface area (TPSA) is 220 Å². The maximum atomic E-state index is 12.8. The average Bonchev–Trinajstić information content (AvgIpc) is 3.13. The molecule has 8 N–H and O–H groups in total. The van der Waals surface area contributed by atoms with Crippen molar-refractivity contribution < 1.29 is 53.4 Å². The van der Waals surface area contributed by atoms with Crippen molar-refractivity contribution >= 4 is 17.7 Å². The number of rotatable bonds is 22. The van der Waals surface area contributed by atoms with Gasteiger partial charge in [0, 0.05) is 43.8 Å². The molecular weight excluding hydrogens is 688 g/mol. The van der Waals surface area contributed by atoms with Crippen molar-refractivity contribution in [3.05, 3.63) is 54.1 Å². The van der Waals surface area contributed by atoms with Crippen molar-refractivity contribution in [1.82, 2.24) is 16.0 Å². The Morgan fingerprint density at radius 2 is 1.55 bits per heavy atom. The third-order valence-electron chi connectivity index (χ3n) is 8.85. The lowest BCUT2D eigenvalue weighted by Crippen LogP contribution is -2.57. The first-order valence-electron chi connectivity index (χ1n) is 18.0. The molecule has 0 radical (unpaired) electrons. The van der Waals surface area contributed by atoms with E-state index in [4.69, 9.17) is 29.4 Å². The van der Waals surface area contributed by atoms with Gasteiger partial charge >= 0.3 is 0 Å². The summed E-state index contributed by atoms with van der Waals surface area (Å²) in [7, 11) is 0. The number of ether oxygens (including phenoxy) is 5. The van der Waals surface area contributed by atoms with Crippen LogP contribution in [0.2, 0.25) is 0 Å². The Labute approximate surface area is 311 Å². The summed E-state index contributed by atoms with van der Waals surface area (Å²) in [6, 6.07) is 14.6. The van der Waals surface area contributed by atoms with E-state index < -0.39 is 41.7 Å². The van der Waals surface area contributed by atoms with Crippen molar-refractivity contribution in [3.8, 4) is 16.9 Å². The van der Waals surface area contributed by atoms with Crippen LogP contribution in [0.5, 0.6) is 5.75 Å². The van der Waals surface area contributed by atoms with E-state index >= 15 is 0 Å². The second-order valence-corrected chi connectivity index (χ2v) is 14.2. The first-order valence-corrected chi connectivity index (χ1v) is 18.0. The predicted molar refractivity (Wildman–Crippen MR) is 197 cm³/mol. The molecule has 53 heavy (non-hydrogen) atoms. The van der Waals surface area contributed by atoms with Crippen molar-refractivity contribution in [2.75, 3.05) is 59.2 Å². The number of nitrogens with two attached hydrogens (primary N) is 1. The molecule has 15 nitrogen and oxygen atoms in total. The summed E-state index contributed by atoms with van der Waals surface area (Å²) in [5.41, 5.74) is 6.56. The number of carbonyl (C=O) groups is 3. The minimum Gasteiger partial charge on any atom is -0.484 e. The molecule has 15 heteroatoms. The minimum absolute atomic E-state index is 0.0910. The van der Waals surface area contributed by atoms with E-state index in [0.29, 0.717) is 56.9 Å². The Hall–Kier alpha value is -3.67. The minimum atomic E-state index is -1.37. The number of aliphatic hydroxyl groups is 3. The van der Waals surface area contributed by atoms with Gasteiger partial charge in [-0.15, -0.1) is 0 Å². The number of aliphatic hydroxyl groups excluding tert-OH is 3. The lowest BCUT2D eigenvalue weighted by Gasteiger charge is -2.38. The lowest BCUT2D eigenvalue weighted by molar-refractivity contribution is -0.294. The van der Waals surface area contributed by atoms with Crippen LogP contribution in [0.4, 0.5) is 0 Å². The normalized spacial score (nSPS) is 20.4. The smallest absolute Gasteiger partial charge is 0.257 e. The first kappa shape index (κ1) is 43.7. The summed E-state index contributed by atoms with van der Waals surface area (Å²) in [4.78, 5) is 37.5. The maximum Gasteiger partial charge on any atom is 0.257 e. The number of hydrogen-bond donors (Lipinski definition) is 7. The number of amides is 3. The second-order valence-electron chi connectivity index (χ2n) is 14.2. The Kier molecular flexibility index (Phi) is 17.6. The third-order valence-corrected chi connectivity index (χ3v) is 8.85. The lowest BCUT2D eigenvalue weighted by atomic mass is 9.88. The van der Waals surface area contributed by atoms with Crippen LogP contribution in [0.3, 0.4) is 0 Å². The van der Waals surface area contributed by atoms with Gasteiger partial charge in [0.15, 0.2) is 12.9 Å². The molecule has 0 aromatic heterocycles. The molecule has 2 aromatic carbocycles. The number of benzene rings is 2. The predicted octanol–water partition coefficient (Wildman–Crippen LogP) is 1.12. The fourth-order valence-electron chi connectivity index (χ4n) is 5.29. The molecule has 0 bridgehead atoms. The SMILES string of the molecule is C[C@@H]1O[C@@H](OCCOCCNC(=O)C(C)(C)CCOC(C)(C)CCNC(=O)COc2ccc(-c3cccc(C(=O)NCCN)c3)cc2)[C@H](O)[C@H](O)[C@H]1O. The molecule has 1 saturated heterocycles. The molecule has 0 unspecified atom stereocenters. The molecule has 0 saturated carbocycles. The van der Waals surface area contributed by atoms with E-state index in [0.717, 1.165) is 11.1 Å². The molecule has 1 aliphatic rings. The summed E-state index contributed by atoms with van der Waals surface area (Å²) in [6.45, 7) is 11.3. The fraction of sp³-hybridized carbons (Fsp3) is 0.605. The van der Waals surface area contributed by atoms with Gasteiger partial charge < -0.3 is 60.7 Å². The van der Waals surface area contributed by atoms with Crippen LogP contribution in [-0.4, -0.2) is 129 Å². The molecule has 0 spiro atoms. The average molecular weight is 747 g/mol. The zero-order chi connectivity index (χ0) is 39.0. The van der Waals surface area contributed by atoms with Gasteiger partial charge in [0.2, 0.25) is 5.91 Å². The van der Waals surface area contributed by atoms with E-state index in [1.807, 2.05) is 58.0 Å². The number of nitrogens with one attached hydrogen (secondary N) is 3. The zero-order valence-electron chi connectivity index (χ0n) is 31.5. The molecule has 3 amide bonds. The monoisotopic (exact) mass is 746 g/mol. The van der Waals surface area contributed by atoms with Crippen LogP contribution >= 0.6 is 0 Å². The summed E-state index contributed by atoms with van der Waals surface area (Å²) < 4.78 is 28.0. The highest BCUT2D eigenvalue weighted by Crippen LogP contribution is 2.25. The van der Waals surface area contributed by atoms with Crippen molar-refractivity contribution in [2.24, 2.45) is 11.1 Å². The third kappa shape index (κ3) is 14.6. The van der Waals surface area contributed by atoms with Crippen molar-refractivity contribution in [3.63, 3.8) is 0 Å². The van der Waals surface area contributed by atoms with Crippen molar-refractivity contribution in [1.29, 1.82) is 0 Å². The zero-order valence-corrected chi connectivity index (χ0v) is 31.5. The summed E-state index contributed by atoms with van der Waals surface area (Å²) in [6.07, 6.45) is -4.66. The highest BCUT2D eigenvalue weighted by molar-refractivity contribution is 5.95. The standard InChI is InChI=1S/C38H58N4O11/c1-25-31(44)32(45)33(46)35(53-25)50-22-21-49-20-18-42-36(48)37(2,3)14-19-52-38(4,5)13-16-40-30(43)24-51-29-11-9-26(10-12-29)27-7-6-8-28(23-27)34(47)41-17-15-39/h6-12,23,25,31-33,35,44-46H,13-22,24,39H2,1-5H3,(H,40,43)(H,41,47)(H,42,48)/t25-,31-,32+,33+,35+/m0/s1. The summed E-state index contributed by atoms with van der Waals surface area (Å²) in [5.74, 6) is -0.0422. The number of carbonyl (C=O) groups excluding carboxylic acids is 3. The van der Waals surface area contributed by atoms with Crippen LogP contribution in [-0.2, 0) is 28.5 Å². The van der Waals surface area contributed by atoms with Crippen LogP contribution < -0.4 is 26.4 Å². The van der Waals surface area contributed by atoms with Crippen LogP contribution in [0.1, 0.15) is 57.8 Å². The Balaban J connectivity index is 1.26. The Morgan fingerprint density at radius 1 is 0.811 bits per heavy atom. The van der Waals surface area contributed by atoms with Crippen LogP contribution in [0.15, 0.2) is 48.5 Å². The first-order chi connectivity index (χ1) is 25.1. The van der Waals surface area contributed by atoms with E-state index in [1.54, 1.807) is 25.1 Å². The van der Waals surface area contributed by atoms with Gasteiger partial charge in [-0.25, -0.2) is 0 Å². The molecule has 0 aliphatic carbocycles. The molecule has 1 aliphatic heterocycles. The highest BCUT2D eigenvalue weighted by Gasteiger charge is 2.42. The van der Waals surface area contributed by atoms with Gasteiger partial charge in [0.1, 0.15) is 24.1 Å². The number of hydrogen-bond acceptors (Lipinski definition) is 12. The summed E-state index contributed by atoms with van der Waals surface area (Å²) in [5, 5.41) is 38.1. The Morgan fingerprint density at radius 3 is 2.26 bits per heavy atom. The fourth-order valence-corrected chi connectivity index (χ4v) is 5.29. The molecular formula is C38H58N4O11.